The molecular formula is C12H24N2O3. The Labute approximate surface area is 103 Å². The normalized spacial score (nSPS) is 25.1. The Morgan fingerprint density at radius 1 is 1.47 bits per heavy atom. The second kappa shape index (κ2) is 7.63. The minimum atomic E-state index is -0.153. The highest BCUT2D eigenvalue weighted by Gasteiger charge is 2.31. The maximum Gasteiger partial charge on any atom is 0.236 e. The Bertz CT molecular complexity index is 230. The molecule has 0 saturated heterocycles. The topological polar surface area (TPSA) is 59.6 Å². The number of carbonyl (C=O) groups excluding carboxylic acids is 1. The minimum absolute atomic E-state index is 0.0295. The summed E-state index contributed by atoms with van der Waals surface area (Å²) < 4.78 is 10.3. The van der Waals surface area contributed by atoms with Gasteiger partial charge in [-0.2, -0.15) is 0 Å². The van der Waals surface area contributed by atoms with E-state index in [0.717, 1.165) is 19.4 Å². The molecule has 5 nitrogen and oxygen atoms in total. The van der Waals surface area contributed by atoms with Crippen molar-refractivity contribution >= 4 is 5.91 Å². The molecule has 0 bridgehead atoms. The van der Waals surface area contributed by atoms with Crippen LogP contribution >= 0.6 is 0 Å². The van der Waals surface area contributed by atoms with E-state index in [-0.39, 0.29) is 11.9 Å². The smallest absolute Gasteiger partial charge is 0.236 e. The van der Waals surface area contributed by atoms with Crippen LogP contribution in [0.4, 0.5) is 0 Å². The molecule has 1 amide bonds. The zero-order chi connectivity index (χ0) is 12.7. The first-order chi connectivity index (χ1) is 8.17. The van der Waals surface area contributed by atoms with E-state index >= 15 is 0 Å². The predicted octanol–water partition coefficient (Wildman–Crippen LogP) is 0.295. The van der Waals surface area contributed by atoms with Gasteiger partial charge in [-0.3, -0.25) is 4.79 Å². The SMILES string of the molecule is CCOC1CC(NC(C)C(=O)NCCOC)C1. The van der Waals surface area contributed by atoms with Gasteiger partial charge in [-0.1, -0.05) is 0 Å². The molecule has 1 saturated carbocycles. The summed E-state index contributed by atoms with van der Waals surface area (Å²) >= 11 is 0. The Hall–Kier alpha value is -0.650. The van der Waals surface area contributed by atoms with Crippen molar-refractivity contribution in [2.24, 2.45) is 0 Å². The Kier molecular flexibility index (Phi) is 6.47. The predicted molar refractivity (Wildman–Crippen MR) is 65.9 cm³/mol. The molecule has 1 aliphatic rings. The number of nitrogens with one attached hydrogen (secondary N) is 2. The molecule has 1 fully saturated rings. The molecule has 1 unspecified atom stereocenters. The van der Waals surface area contributed by atoms with Gasteiger partial charge in [0, 0.05) is 26.3 Å². The molecule has 0 radical (unpaired) electrons. The largest absolute Gasteiger partial charge is 0.383 e. The van der Waals surface area contributed by atoms with Gasteiger partial charge in [-0.15, -0.1) is 0 Å². The molecule has 0 aromatic heterocycles. The van der Waals surface area contributed by atoms with Crippen LogP contribution in [0, 0.1) is 0 Å². The number of ether oxygens (including phenoxy) is 2. The second-order valence-corrected chi connectivity index (χ2v) is 4.42. The third-order valence-corrected chi connectivity index (χ3v) is 2.98. The Balaban J connectivity index is 2.09. The molecule has 0 heterocycles. The number of amides is 1. The maximum absolute atomic E-state index is 11.6. The van der Waals surface area contributed by atoms with Crippen LogP contribution in [0.15, 0.2) is 0 Å². The van der Waals surface area contributed by atoms with Crippen LogP contribution in [0.25, 0.3) is 0 Å². The Morgan fingerprint density at radius 3 is 2.76 bits per heavy atom. The summed E-state index contributed by atoms with van der Waals surface area (Å²) in [6.45, 7) is 5.77. The van der Waals surface area contributed by atoms with Crippen LogP contribution in [0.3, 0.4) is 0 Å². The molecule has 0 aromatic rings. The van der Waals surface area contributed by atoms with E-state index in [1.807, 2.05) is 13.8 Å². The average molecular weight is 244 g/mol. The number of carbonyl (C=O) groups is 1. The summed E-state index contributed by atoms with van der Waals surface area (Å²) in [5.74, 6) is 0.0295. The zero-order valence-corrected chi connectivity index (χ0v) is 11.0. The van der Waals surface area contributed by atoms with Gasteiger partial charge < -0.3 is 20.1 Å². The van der Waals surface area contributed by atoms with Crippen molar-refractivity contribution < 1.29 is 14.3 Å². The number of hydrogen-bond acceptors (Lipinski definition) is 4. The summed E-state index contributed by atoms with van der Waals surface area (Å²) in [5, 5.41) is 6.11. The minimum Gasteiger partial charge on any atom is -0.383 e. The Morgan fingerprint density at radius 2 is 2.18 bits per heavy atom. The van der Waals surface area contributed by atoms with E-state index in [2.05, 4.69) is 10.6 Å². The van der Waals surface area contributed by atoms with Gasteiger partial charge in [-0.05, 0) is 26.7 Å². The molecule has 100 valence electrons. The molecular weight excluding hydrogens is 220 g/mol. The molecule has 5 heteroatoms. The van der Waals surface area contributed by atoms with E-state index in [0.29, 0.717) is 25.3 Å². The molecule has 1 atom stereocenters. The van der Waals surface area contributed by atoms with Gasteiger partial charge in [0.05, 0.1) is 18.8 Å². The van der Waals surface area contributed by atoms with Crippen molar-refractivity contribution in [2.75, 3.05) is 26.9 Å². The van der Waals surface area contributed by atoms with Crippen LogP contribution < -0.4 is 10.6 Å². The first kappa shape index (κ1) is 14.4. The first-order valence-electron chi connectivity index (χ1n) is 6.31. The number of hydrogen-bond donors (Lipinski definition) is 2. The number of methoxy groups -OCH3 is 1. The van der Waals surface area contributed by atoms with Crippen molar-refractivity contribution in [1.82, 2.24) is 10.6 Å². The lowest BCUT2D eigenvalue weighted by atomic mass is 9.88. The highest BCUT2D eigenvalue weighted by atomic mass is 16.5. The van der Waals surface area contributed by atoms with Gasteiger partial charge in [-0.25, -0.2) is 0 Å². The van der Waals surface area contributed by atoms with Crippen LogP contribution in [0.2, 0.25) is 0 Å². The van der Waals surface area contributed by atoms with E-state index in [1.165, 1.54) is 0 Å². The van der Waals surface area contributed by atoms with Crippen molar-refractivity contribution in [3.05, 3.63) is 0 Å². The van der Waals surface area contributed by atoms with Gasteiger partial charge in [0.2, 0.25) is 5.91 Å². The lowest BCUT2D eigenvalue weighted by Crippen LogP contribution is -2.53. The van der Waals surface area contributed by atoms with E-state index in [4.69, 9.17) is 9.47 Å². The molecule has 2 N–H and O–H groups in total. The third-order valence-electron chi connectivity index (χ3n) is 2.98. The van der Waals surface area contributed by atoms with Gasteiger partial charge >= 0.3 is 0 Å². The standard InChI is InChI=1S/C12H24N2O3/c1-4-17-11-7-10(8-11)14-9(2)12(15)13-5-6-16-3/h9-11,14H,4-8H2,1-3H3,(H,13,15). The van der Waals surface area contributed by atoms with Gasteiger partial charge in [0.15, 0.2) is 0 Å². The summed E-state index contributed by atoms with van der Waals surface area (Å²) in [4.78, 5) is 11.6. The van der Waals surface area contributed by atoms with Gasteiger partial charge in [0.1, 0.15) is 0 Å². The molecule has 1 rings (SSSR count). The molecule has 0 aromatic carbocycles. The summed E-state index contributed by atoms with van der Waals surface area (Å²) in [5.41, 5.74) is 0. The highest BCUT2D eigenvalue weighted by Crippen LogP contribution is 2.23. The van der Waals surface area contributed by atoms with Crippen LogP contribution in [-0.2, 0) is 14.3 Å². The molecule has 17 heavy (non-hydrogen) atoms. The molecule has 1 aliphatic carbocycles. The van der Waals surface area contributed by atoms with Crippen molar-refractivity contribution in [3.63, 3.8) is 0 Å². The van der Waals surface area contributed by atoms with Crippen LogP contribution in [0.1, 0.15) is 26.7 Å². The summed E-state index contributed by atoms with van der Waals surface area (Å²) in [6.07, 6.45) is 2.38. The summed E-state index contributed by atoms with van der Waals surface area (Å²) in [7, 11) is 1.62. The third kappa shape index (κ3) is 5.02. The van der Waals surface area contributed by atoms with Crippen molar-refractivity contribution in [1.29, 1.82) is 0 Å². The van der Waals surface area contributed by atoms with Crippen LogP contribution in [0.5, 0.6) is 0 Å². The van der Waals surface area contributed by atoms with Crippen molar-refractivity contribution in [3.8, 4) is 0 Å². The molecule has 0 aliphatic heterocycles. The van der Waals surface area contributed by atoms with E-state index in [1.54, 1.807) is 7.11 Å². The lowest BCUT2D eigenvalue weighted by Gasteiger charge is -2.37. The monoisotopic (exact) mass is 244 g/mol. The first-order valence-corrected chi connectivity index (χ1v) is 6.31. The fraction of sp³-hybridized carbons (Fsp3) is 0.917. The zero-order valence-electron chi connectivity index (χ0n) is 11.0. The van der Waals surface area contributed by atoms with Gasteiger partial charge in [0.25, 0.3) is 0 Å². The maximum atomic E-state index is 11.6. The fourth-order valence-electron chi connectivity index (χ4n) is 1.93. The van der Waals surface area contributed by atoms with E-state index < -0.39 is 0 Å². The average Bonchev–Trinajstić information content (AvgIpc) is 2.26. The fourth-order valence-corrected chi connectivity index (χ4v) is 1.93. The van der Waals surface area contributed by atoms with Crippen LogP contribution in [-0.4, -0.2) is 51.0 Å². The second-order valence-electron chi connectivity index (χ2n) is 4.42. The number of rotatable bonds is 8. The summed E-state index contributed by atoms with van der Waals surface area (Å²) in [6, 6.07) is 0.258. The highest BCUT2D eigenvalue weighted by molar-refractivity contribution is 5.81. The molecule has 0 spiro atoms. The lowest BCUT2D eigenvalue weighted by molar-refractivity contribution is -0.123. The van der Waals surface area contributed by atoms with E-state index in [9.17, 15) is 4.79 Å². The van der Waals surface area contributed by atoms with Crippen molar-refractivity contribution in [2.45, 2.75) is 44.9 Å². The quantitative estimate of drug-likeness (QED) is 0.603.